The van der Waals surface area contributed by atoms with Crippen molar-refractivity contribution in [3.63, 3.8) is 0 Å². The van der Waals surface area contributed by atoms with Crippen LogP contribution in [-0.2, 0) is 22.5 Å². The van der Waals surface area contributed by atoms with Gasteiger partial charge >= 0.3 is 5.97 Å². The van der Waals surface area contributed by atoms with E-state index in [1.54, 1.807) is 18.4 Å². The number of hydrogen-bond donors (Lipinski definition) is 1. The lowest BCUT2D eigenvalue weighted by Gasteiger charge is -2.20. The Hall–Kier alpha value is -0.120. The molecule has 0 bridgehead atoms. The fraction of sp³-hybridized carbons (Fsp3) is 0.429. The van der Waals surface area contributed by atoms with Crippen LogP contribution in [0.15, 0.2) is 11.4 Å². The van der Waals surface area contributed by atoms with Crippen LogP contribution < -0.4 is 0 Å². The number of ether oxygens (including phenoxy) is 1. The number of carboxylic acids is 1. The lowest BCUT2D eigenvalue weighted by atomic mass is 9.85. The highest BCUT2D eigenvalue weighted by Gasteiger charge is 2.51. The summed E-state index contributed by atoms with van der Waals surface area (Å²) in [6.07, 6.45) is -0.409. The highest BCUT2D eigenvalue weighted by atomic mass is 35.6. The van der Waals surface area contributed by atoms with Gasteiger partial charge in [-0.1, -0.05) is 69.6 Å². The van der Waals surface area contributed by atoms with Crippen molar-refractivity contribution in [3.05, 3.63) is 28.0 Å². The molecule has 0 aliphatic carbocycles. The van der Waals surface area contributed by atoms with Gasteiger partial charge in [-0.25, -0.2) is 15.0 Å². The third kappa shape index (κ3) is 4.41. The minimum atomic E-state index is -1.97. The van der Waals surface area contributed by atoms with Gasteiger partial charge in [0.25, 0.3) is 0 Å². The number of nitrogens with zero attached hydrogens (tertiary/aromatic N) is 3. The molecule has 3 heterocycles. The SMILES string of the molecule is CC(C(=O)O)(c1cc(-c2nc(C(Cl)(Cl)Cl)nc(C(Cl)(Cl)Cl)n2)cs1)C1CO1. The van der Waals surface area contributed by atoms with Gasteiger partial charge in [-0.15, -0.1) is 11.3 Å². The summed E-state index contributed by atoms with van der Waals surface area (Å²) in [4.78, 5) is 24.5. The van der Waals surface area contributed by atoms with E-state index in [0.717, 1.165) is 0 Å². The number of hydrogen-bond acceptors (Lipinski definition) is 6. The van der Waals surface area contributed by atoms with Crippen molar-refractivity contribution >= 4 is 86.9 Å². The Morgan fingerprint density at radius 2 is 1.67 bits per heavy atom. The van der Waals surface area contributed by atoms with Crippen LogP contribution in [0.3, 0.4) is 0 Å². The molecule has 2 aromatic rings. The molecular weight excluding hydrogens is 503 g/mol. The maximum absolute atomic E-state index is 11.8. The molecule has 27 heavy (non-hydrogen) atoms. The highest BCUT2D eigenvalue weighted by Crippen LogP contribution is 2.43. The van der Waals surface area contributed by atoms with Crippen molar-refractivity contribution in [2.24, 2.45) is 0 Å². The van der Waals surface area contributed by atoms with Crippen LogP contribution >= 0.6 is 80.9 Å². The van der Waals surface area contributed by atoms with Crippen molar-refractivity contribution in [2.75, 3.05) is 6.61 Å². The molecule has 13 heteroatoms. The minimum absolute atomic E-state index is 0.0830. The van der Waals surface area contributed by atoms with Gasteiger partial charge in [0.2, 0.25) is 7.59 Å². The zero-order valence-electron chi connectivity index (χ0n) is 13.2. The van der Waals surface area contributed by atoms with Crippen molar-refractivity contribution < 1.29 is 14.6 Å². The summed E-state index contributed by atoms with van der Waals surface area (Å²) in [5, 5.41) is 11.3. The molecule has 1 aliphatic heterocycles. The van der Waals surface area contributed by atoms with Crippen LogP contribution in [-0.4, -0.2) is 38.7 Å². The van der Waals surface area contributed by atoms with Gasteiger partial charge in [-0.3, -0.25) is 4.79 Å². The van der Waals surface area contributed by atoms with Crippen LogP contribution in [0.1, 0.15) is 23.4 Å². The van der Waals surface area contributed by atoms with Gasteiger partial charge in [0.05, 0.1) is 6.61 Å². The van der Waals surface area contributed by atoms with E-state index in [9.17, 15) is 9.90 Å². The second kappa shape index (κ2) is 7.29. The maximum atomic E-state index is 11.8. The zero-order chi connectivity index (χ0) is 20.2. The first-order valence-corrected chi connectivity index (χ1v) is 10.3. The monoisotopic (exact) mass is 509 g/mol. The summed E-state index contributed by atoms with van der Waals surface area (Å²) in [5.74, 6) is -1.37. The second-order valence-electron chi connectivity index (χ2n) is 5.83. The molecule has 146 valence electrons. The van der Waals surface area contributed by atoms with Crippen molar-refractivity contribution in [3.8, 4) is 11.4 Å². The van der Waals surface area contributed by atoms with E-state index >= 15 is 0 Å². The molecule has 0 radical (unpaired) electrons. The van der Waals surface area contributed by atoms with Crippen molar-refractivity contribution in [1.29, 1.82) is 0 Å². The van der Waals surface area contributed by atoms with Gasteiger partial charge in [-0.2, -0.15) is 0 Å². The summed E-state index contributed by atoms with van der Waals surface area (Å²) in [7, 11) is 0. The quantitative estimate of drug-likeness (QED) is 0.459. The van der Waals surface area contributed by atoms with Gasteiger partial charge in [-0.05, 0) is 13.0 Å². The standard InChI is InChI=1S/C14H9Cl6N3O3S/c1-12(11(24)25,6-3-26-6)7-2-5(4-27-7)8-21-9(13(15,16)17)23-10(22-8)14(18,19)20/h2,4,6H,3H2,1H3,(H,24,25). The minimum Gasteiger partial charge on any atom is -0.480 e. The molecule has 1 N–H and O–H groups in total. The first kappa shape index (κ1) is 21.6. The smallest absolute Gasteiger partial charge is 0.317 e. The molecule has 2 aromatic heterocycles. The number of thiophene rings is 1. The van der Waals surface area contributed by atoms with E-state index < -0.39 is 25.1 Å². The summed E-state index contributed by atoms with van der Waals surface area (Å²) >= 11 is 36.4. The van der Waals surface area contributed by atoms with Crippen LogP contribution in [0.25, 0.3) is 11.4 Å². The molecule has 0 saturated carbocycles. The van der Waals surface area contributed by atoms with E-state index in [-0.39, 0.29) is 17.5 Å². The predicted octanol–water partition coefficient (Wildman–Crippen LogP) is 4.99. The topological polar surface area (TPSA) is 88.5 Å². The van der Waals surface area contributed by atoms with Gasteiger partial charge in [0, 0.05) is 15.8 Å². The van der Waals surface area contributed by atoms with Gasteiger partial charge in [0.15, 0.2) is 17.5 Å². The van der Waals surface area contributed by atoms with E-state index in [1.807, 2.05) is 0 Å². The first-order valence-electron chi connectivity index (χ1n) is 7.18. The summed E-state index contributed by atoms with van der Waals surface area (Å²) in [6, 6.07) is 1.63. The Bertz CT molecular complexity index is 861. The Labute approximate surface area is 187 Å². The average Bonchev–Trinajstić information content (AvgIpc) is 3.29. The maximum Gasteiger partial charge on any atom is 0.317 e. The fourth-order valence-corrected chi connectivity index (χ4v) is 3.86. The number of rotatable bonds is 4. The van der Waals surface area contributed by atoms with Crippen LogP contribution in [0.4, 0.5) is 0 Å². The predicted molar refractivity (Wildman–Crippen MR) is 106 cm³/mol. The fourth-order valence-electron chi connectivity index (χ4n) is 2.27. The number of aromatic nitrogens is 3. The van der Waals surface area contributed by atoms with E-state index in [2.05, 4.69) is 15.0 Å². The third-order valence-electron chi connectivity index (χ3n) is 3.93. The number of aliphatic carboxylic acids is 1. The number of halogens is 6. The zero-order valence-corrected chi connectivity index (χ0v) is 18.6. The molecule has 2 unspecified atom stereocenters. The van der Waals surface area contributed by atoms with Gasteiger partial charge < -0.3 is 9.84 Å². The molecule has 0 amide bonds. The molecule has 1 saturated heterocycles. The van der Waals surface area contributed by atoms with E-state index in [4.69, 9.17) is 74.3 Å². The number of epoxide rings is 1. The van der Waals surface area contributed by atoms with Crippen molar-refractivity contribution in [1.82, 2.24) is 15.0 Å². The summed E-state index contributed by atoms with van der Waals surface area (Å²) in [5.41, 5.74) is -0.733. The molecule has 1 aliphatic rings. The Morgan fingerprint density at radius 1 is 1.15 bits per heavy atom. The lowest BCUT2D eigenvalue weighted by Crippen LogP contribution is -2.37. The molecule has 2 atom stereocenters. The van der Waals surface area contributed by atoms with Gasteiger partial charge in [0.1, 0.15) is 11.5 Å². The Balaban J connectivity index is 2.09. The molecule has 1 fully saturated rings. The molecular formula is C14H9Cl6N3O3S. The number of alkyl halides is 6. The Kier molecular flexibility index (Phi) is 5.83. The lowest BCUT2D eigenvalue weighted by molar-refractivity contribution is -0.143. The van der Waals surface area contributed by atoms with E-state index in [0.29, 0.717) is 17.0 Å². The largest absolute Gasteiger partial charge is 0.480 e. The number of carboxylic acid groups (broad SMARTS) is 1. The van der Waals surface area contributed by atoms with Crippen LogP contribution in [0.5, 0.6) is 0 Å². The highest BCUT2D eigenvalue weighted by molar-refractivity contribution is 7.10. The third-order valence-corrected chi connectivity index (χ3v) is 6.12. The van der Waals surface area contributed by atoms with Crippen LogP contribution in [0.2, 0.25) is 0 Å². The number of carbonyl (C=O) groups is 1. The molecule has 0 aromatic carbocycles. The average molecular weight is 512 g/mol. The first-order chi connectivity index (χ1) is 12.3. The Morgan fingerprint density at radius 3 is 2.07 bits per heavy atom. The summed E-state index contributed by atoms with van der Waals surface area (Å²) < 4.78 is 1.26. The molecule has 3 rings (SSSR count). The van der Waals surface area contributed by atoms with Crippen molar-refractivity contribution in [2.45, 2.75) is 26.0 Å². The second-order valence-corrected chi connectivity index (χ2v) is 11.3. The van der Waals surface area contributed by atoms with E-state index in [1.165, 1.54) is 11.3 Å². The normalized spacial score (nSPS) is 19.6. The molecule has 0 spiro atoms. The molecule has 6 nitrogen and oxygen atoms in total. The summed E-state index contributed by atoms with van der Waals surface area (Å²) in [6.45, 7) is 1.96. The van der Waals surface area contributed by atoms with Crippen LogP contribution in [0, 0.1) is 0 Å².